The third-order valence-electron chi connectivity index (χ3n) is 4.05. The maximum Gasteiger partial charge on any atom is 0.120 e. The molecule has 104 valence electrons. The highest BCUT2D eigenvalue weighted by Crippen LogP contribution is 2.39. The van der Waals surface area contributed by atoms with Gasteiger partial charge in [0.1, 0.15) is 12.4 Å². The average molecular weight is 268 g/mol. The lowest BCUT2D eigenvalue weighted by atomic mass is 9.92. The van der Waals surface area contributed by atoms with Crippen LogP contribution in [0.5, 0.6) is 5.75 Å². The molecule has 1 fully saturated rings. The summed E-state index contributed by atoms with van der Waals surface area (Å²) in [6, 6.07) is 18.0. The molecule has 2 aromatic rings. The van der Waals surface area contributed by atoms with E-state index in [1.54, 1.807) is 0 Å². The fourth-order valence-corrected chi connectivity index (χ4v) is 2.86. The Kier molecular flexibility index (Phi) is 3.75. The summed E-state index contributed by atoms with van der Waals surface area (Å²) in [5, 5.41) is 10.6. The van der Waals surface area contributed by atoms with Crippen LogP contribution >= 0.6 is 0 Å². The van der Waals surface area contributed by atoms with Crippen molar-refractivity contribution in [2.45, 2.75) is 37.9 Å². The van der Waals surface area contributed by atoms with Crippen molar-refractivity contribution in [2.75, 3.05) is 0 Å². The molecule has 1 saturated carbocycles. The fourth-order valence-electron chi connectivity index (χ4n) is 2.86. The third-order valence-corrected chi connectivity index (χ3v) is 4.05. The quantitative estimate of drug-likeness (QED) is 0.907. The van der Waals surface area contributed by atoms with Gasteiger partial charge in [-0.3, -0.25) is 0 Å². The zero-order valence-electron chi connectivity index (χ0n) is 11.6. The van der Waals surface area contributed by atoms with Crippen LogP contribution in [-0.2, 0) is 12.2 Å². The largest absolute Gasteiger partial charge is 0.489 e. The molecular formula is C18H20O2. The lowest BCUT2D eigenvalue weighted by Gasteiger charge is -2.23. The van der Waals surface area contributed by atoms with Crippen LogP contribution < -0.4 is 4.74 Å². The van der Waals surface area contributed by atoms with E-state index in [9.17, 15) is 5.11 Å². The van der Waals surface area contributed by atoms with Gasteiger partial charge >= 0.3 is 0 Å². The van der Waals surface area contributed by atoms with Crippen LogP contribution in [0.2, 0.25) is 0 Å². The highest BCUT2D eigenvalue weighted by molar-refractivity contribution is 5.33. The molecule has 3 rings (SSSR count). The lowest BCUT2D eigenvalue weighted by molar-refractivity contribution is 0.0442. The van der Waals surface area contributed by atoms with E-state index in [0.29, 0.717) is 6.61 Å². The molecule has 1 N–H and O–H groups in total. The first-order valence-corrected chi connectivity index (χ1v) is 7.26. The van der Waals surface area contributed by atoms with Crippen LogP contribution in [0.3, 0.4) is 0 Å². The van der Waals surface area contributed by atoms with Crippen molar-refractivity contribution in [3.8, 4) is 5.75 Å². The van der Waals surface area contributed by atoms with Gasteiger partial charge in [-0.25, -0.2) is 0 Å². The predicted molar refractivity (Wildman–Crippen MR) is 79.6 cm³/mol. The van der Waals surface area contributed by atoms with E-state index in [-0.39, 0.29) is 0 Å². The smallest absolute Gasteiger partial charge is 0.120 e. The Morgan fingerprint density at radius 1 is 0.950 bits per heavy atom. The standard InChI is InChI=1S/C18H20O2/c19-18(11-4-5-12-18)16-9-6-10-17(13-16)20-14-15-7-2-1-3-8-15/h1-3,6-10,13,19H,4-5,11-12,14H2. The van der Waals surface area contributed by atoms with E-state index >= 15 is 0 Å². The molecular weight excluding hydrogens is 248 g/mol. The fraction of sp³-hybridized carbons (Fsp3) is 0.333. The minimum absolute atomic E-state index is 0.558. The molecule has 0 atom stereocenters. The molecule has 1 aliphatic rings. The Balaban J connectivity index is 1.71. The Hall–Kier alpha value is -1.80. The number of benzene rings is 2. The normalized spacial score (nSPS) is 17.1. The van der Waals surface area contributed by atoms with Crippen LogP contribution in [0.25, 0.3) is 0 Å². The average Bonchev–Trinajstić information content (AvgIpc) is 2.95. The minimum atomic E-state index is -0.647. The van der Waals surface area contributed by atoms with Gasteiger partial charge in [-0.05, 0) is 36.1 Å². The molecule has 0 bridgehead atoms. The van der Waals surface area contributed by atoms with Crippen LogP contribution in [0.4, 0.5) is 0 Å². The highest BCUT2D eigenvalue weighted by atomic mass is 16.5. The molecule has 0 saturated heterocycles. The van der Waals surface area contributed by atoms with Gasteiger partial charge in [-0.1, -0.05) is 55.3 Å². The summed E-state index contributed by atoms with van der Waals surface area (Å²) < 4.78 is 5.83. The van der Waals surface area contributed by atoms with Crippen molar-refractivity contribution in [2.24, 2.45) is 0 Å². The zero-order chi connectivity index (χ0) is 13.8. The van der Waals surface area contributed by atoms with E-state index in [0.717, 1.165) is 42.6 Å². The number of hydrogen-bond acceptors (Lipinski definition) is 2. The predicted octanol–water partition coefficient (Wildman–Crippen LogP) is 4.03. The molecule has 2 nitrogen and oxygen atoms in total. The molecule has 1 aliphatic carbocycles. The SMILES string of the molecule is OC1(c2cccc(OCc3ccccc3)c2)CCCC1. The van der Waals surface area contributed by atoms with Crippen LogP contribution in [-0.4, -0.2) is 5.11 Å². The van der Waals surface area contributed by atoms with E-state index in [1.165, 1.54) is 0 Å². The molecule has 0 aromatic heterocycles. The summed E-state index contributed by atoms with van der Waals surface area (Å²) in [5.74, 6) is 0.826. The molecule has 0 amide bonds. The van der Waals surface area contributed by atoms with Crippen molar-refractivity contribution in [3.05, 3.63) is 65.7 Å². The van der Waals surface area contributed by atoms with Gasteiger partial charge in [0, 0.05) is 0 Å². The Morgan fingerprint density at radius 3 is 2.45 bits per heavy atom. The number of ether oxygens (including phenoxy) is 1. The second-order valence-electron chi connectivity index (χ2n) is 5.54. The number of aliphatic hydroxyl groups is 1. The molecule has 0 spiro atoms. The van der Waals surface area contributed by atoms with Crippen LogP contribution in [0, 0.1) is 0 Å². The lowest BCUT2D eigenvalue weighted by Crippen LogP contribution is -2.20. The topological polar surface area (TPSA) is 29.5 Å². The first-order valence-electron chi connectivity index (χ1n) is 7.26. The Morgan fingerprint density at radius 2 is 1.70 bits per heavy atom. The minimum Gasteiger partial charge on any atom is -0.489 e. The highest BCUT2D eigenvalue weighted by Gasteiger charge is 2.33. The summed E-state index contributed by atoms with van der Waals surface area (Å²) in [4.78, 5) is 0. The molecule has 2 heteroatoms. The Labute approximate surface area is 120 Å². The molecule has 0 radical (unpaired) electrons. The number of rotatable bonds is 4. The summed E-state index contributed by atoms with van der Waals surface area (Å²) in [6.07, 6.45) is 3.92. The maximum atomic E-state index is 10.6. The van der Waals surface area contributed by atoms with Crippen molar-refractivity contribution >= 4 is 0 Å². The monoisotopic (exact) mass is 268 g/mol. The van der Waals surface area contributed by atoms with Gasteiger partial charge in [0.2, 0.25) is 0 Å². The molecule has 20 heavy (non-hydrogen) atoms. The van der Waals surface area contributed by atoms with Gasteiger partial charge in [0.05, 0.1) is 5.60 Å². The molecule has 0 unspecified atom stereocenters. The zero-order valence-corrected chi connectivity index (χ0v) is 11.6. The van der Waals surface area contributed by atoms with E-state index < -0.39 is 5.60 Å². The van der Waals surface area contributed by atoms with Crippen LogP contribution in [0.15, 0.2) is 54.6 Å². The second kappa shape index (κ2) is 5.68. The van der Waals surface area contributed by atoms with Crippen molar-refractivity contribution in [1.29, 1.82) is 0 Å². The van der Waals surface area contributed by atoms with Crippen LogP contribution in [0.1, 0.15) is 36.8 Å². The van der Waals surface area contributed by atoms with Crippen molar-refractivity contribution in [3.63, 3.8) is 0 Å². The first kappa shape index (κ1) is 13.2. The first-order chi connectivity index (χ1) is 9.76. The van der Waals surface area contributed by atoms with Crippen molar-refractivity contribution < 1.29 is 9.84 Å². The molecule has 0 aliphatic heterocycles. The van der Waals surface area contributed by atoms with Gasteiger partial charge < -0.3 is 9.84 Å². The summed E-state index contributed by atoms with van der Waals surface area (Å²) in [7, 11) is 0. The summed E-state index contributed by atoms with van der Waals surface area (Å²) in [5.41, 5.74) is 1.49. The number of hydrogen-bond donors (Lipinski definition) is 1. The van der Waals surface area contributed by atoms with Crippen molar-refractivity contribution in [1.82, 2.24) is 0 Å². The van der Waals surface area contributed by atoms with E-state index in [1.807, 2.05) is 54.6 Å². The van der Waals surface area contributed by atoms with E-state index in [4.69, 9.17) is 4.74 Å². The van der Waals surface area contributed by atoms with Gasteiger partial charge in [-0.15, -0.1) is 0 Å². The maximum absolute atomic E-state index is 10.6. The summed E-state index contributed by atoms with van der Waals surface area (Å²) >= 11 is 0. The van der Waals surface area contributed by atoms with E-state index in [2.05, 4.69) is 0 Å². The molecule has 0 heterocycles. The third kappa shape index (κ3) is 2.86. The van der Waals surface area contributed by atoms with Gasteiger partial charge in [-0.2, -0.15) is 0 Å². The Bertz CT molecular complexity index is 557. The summed E-state index contributed by atoms with van der Waals surface area (Å²) in [6.45, 7) is 0.558. The van der Waals surface area contributed by atoms with Gasteiger partial charge in [0.15, 0.2) is 0 Å². The van der Waals surface area contributed by atoms with Gasteiger partial charge in [0.25, 0.3) is 0 Å². The second-order valence-corrected chi connectivity index (χ2v) is 5.54. The molecule has 2 aromatic carbocycles.